The van der Waals surface area contributed by atoms with Crippen LogP contribution in [-0.4, -0.2) is 0 Å². The lowest BCUT2D eigenvalue weighted by atomic mass is 9.92. The van der Waals surface area contributed by atoms with Crippen LogP contribution in [0.3, 0.4) is 0 Å². The molecule has 0 aliphatic rings. The molecule has 2 atom stereocenters. The zero-order chi connectivity index (χ0) is 20.0. The fraction of sp³-hybridized carbons (Fsp3) is 0.926. The van der Waals surface area contributed by atoms with E-state index in [4.69, 9.17) is 0 Å². The maximum absolute atomic E-state index is 3.79. The number of unbranched alkanes of at least 4 members (excludes halogenated alkanes) is 13. The van der Waals surface area contributed by atoms with E-state index in [0.717, 1.165) is 11.8 Å². The first-order chi connectivity index (χ1) is 13.2. The topological polar surface area (TPSA) is 0 Å². The molecule has 0 aromatic heterocycles. The second-order valence-corrected chi connectivity index (χ2v) is 9.39. The molecule has 0 fully saturated rings. The van der Waals surface area contributed by atoms with Gasteiger partial charge in [-0.05, 0) is 24.7 Å². The summed E-state index contributed by atoms with van der Waals surface area (Å²) in [5, 5.41) is 0. The highest BCUT2D eigenvalue weighted by atomic mass is 14.1. The second-order valence-electron chi connectivity index (χ2n) is 9.39. The lowest BCUT2D eigenvalue weighted by Gasteiger charge is -2.14. The van der Waals surface area contributed by atoms with E-state index in [2.05, 4.69) is 33.4 Å². The summed E-state index contributed by atoms with van der Waals surface area (Å²) >= 11 is 0. The minimum atomic E-state index is 0.949. The Hall–Kier alpha value is -0.260. The Bertz CT molecular complexity index is 280. The van der Waals surface area contributed by atoms with E-state index in [1.54, 1.807) is 0 Å². The Balaban J connectivity index is 3.28. The molecule has 0 amide bonds. The molecule has 2 unspecified atom stereocenters. The van der Waals surface area contributed by atoms with Gasteiger partial charge in [-0.15, -0.1) is 6.58 Å². The van der Waals surface area contributed by atoms with Crippen molar-refractivity contribution in [2.75, 3.05) is 0 Å². The van der Waals surface area contributed by atoms with Gasteiger partial charge in [0, 0.05) is 0 Å². The first-order valence-corrected chi connectivity index (χ1v) is 12.8. The van der Waals surface area contributed by atoms with Crippen molar-refractivity contribution in [3.63, 3.8) is 0 Å². The summed E-state index contributed by atoms with van der Waals surface area (Å²) < 4.78 is 0. The van der Waals surface area contributed by atoms with Gasteiger partial charge in [0.2, 0.25) is 0 Å². The monoisotopic (exact) mass is 378 g/mol. The molecule has 0 bridgehead atoms. The van der Waals surface area contributed by atoms with Crippen LogP contribution in [0.1, 0.15) is 149 Å². The van der Waals surface area contributed by atoms with Gasteiger partial charge in [0.25, 0.3) is 0 Å². The van der Waals surface area contributed by atoms with Gasteiger partial charge < -0.3 is 0 Å². The summed E-state index contributed by atoms with van der Waals surface area (Å²) in [5.74, 6) is 1.90. The molecule has 0 rings (SSSR count). The summed E-state index contributed by atoms with van der Waals surface area (Å²) in [7, 11) is 0. The maximum atomic E-state index is 3.79. The average Bonchev–Trinajstić information content (AvgIpc) is 2.66. The smallest absolute Gasteiger partial charge is 0.0353 e. The largest absolute Gasteiger partial charge is 0.103 e. The molecular formula is C27H54. The predicted octanol–water partition coefficient (Wildman–Crippen LogP) is 10.3. The van der Waals surface area contributed by atoms with Crippen LogP contribution in [-0.2, 0) is 0 Å². The first kappa shape index (κ1) is 26.7. The van der Waals surface area contributed by atoms with Gasteiger partial charge in [-0.3, -0.25) is 0 Å². The minimum Gasteiger partial charge on any atom is -0.103 e. The predicted molar refractivity (Wildman–Crippen MR) is 127 cm³/mol. The molecule has 0 aliphatic heterocycles. The third-order valence-electron chi connectivity index (χ3n) is 6.30. The fourth-order valence-electron chi connectivity index (χ4n) is 4.22. The van der Waals surface area contributed by atoms with E-state index < -0.39 is 0 Å². The SMILES string of the molecule is C=CCCCCCCCCCCC(C)CCCC(C)CCCCCCCC. The zero-order valence-corrected chi connectivity index (χ0v) is 19.6. The van der Waals surface area contributed by atoms with E-state index in [1.165, 1.54) is 128 Å². The summed E-state index contributed by atoms with van der Waals surface area (Å²) in [6, 6.07) is 0. The fourth-order valence-corrected chi connectivity index (χ4v) is 4.22. The Morgan fingerprint density at radius 1 is 0.519 bits per heavy atom. The van der Waals surface area contributed by atoms with Crippen LogP contribution in [0.2, 0.25) is 0 Å². The van der Waals surface area contributed by atoms with Crippen LogP contribution in [0.15, 0.2) is 12.7 Å². The molecule has 0 heterocycles. The third kappa shape index (κ3) is 21.9. The molecule has 0 aromatic rings. The van der Waals surface area contributed by atoms with Gasteiger partial charge in [0.1, 0.15) is 0 Å². The van der Waals surface area contributed by atoms with Crippen molar-refractivity contribution in [3.05, 3.63) is 12.7 Å². The Labute approximate surface area is 174 Å². The molecule has 0 radical (unpaired) electrons. The van der Waals surface area contributed by atoms with E-state index >= 15 is 0 Å². The standard InChI is InChI=1S/C27H54/c1-5-7-9-11-13-14-15-16-18-20-23-27(4)25-21-24-26(3)22-19-17-12-10-8-6-2/h5,26-27H,1,6-25H2,2-4H3. The molecule has 0 aliphatic carbocycles. The Morgan fingerprint density at radius 2 is 0.889 bits per heavy atom. The summed E-state index contributed by atoms with van der Waals surface area (Å²) in [6.07, 6.45) is 30.7. The molecule has 0 saturated carbocycles. The van der Waals surface area contributed by atoms with Crippen molar-refractivity contribution in [1.29, 1.82) is 0 Å². The molecule has 0 N–H and O–H groups in total. The zero-order valence-electron chi connectivity index (χ0n) is 19.6. The highest BCUT2D eigenvalue weighted by Gasteiger charge is 2.06. The van der Waals surface area contributed by atoms with Crippen LogP contribution in [0.5, 0.6) is 0 Å². The molecule has 27 heavy (non-hydrogen) atoms. The number of hydrogen-bond acceptors (Lipinski definition) is 0. The van der Waals surface area contributed by atoms with E-state index in [9.17, 15) is 0 Å². The van der Waals surface area contributed by atoms with Crippen LogP contribution in [0, 0.1) is 11.8 Å². The lowest BCUT2D eigenvalue weighted by Crippen LogP contribution is -1.99. The van der Waals surface area contributed by atoms with Crippen molar-refractivity contribution in [2.24, 2.45) is 11.8 Å². The summed E-state index contributed by atoms with van der Waals surface area (Å²) in [5.41, 5.74) is 0. The molecule has 0 heteroatoms. The number of hydrogen-bond donors (Lipinski definition) is 0. The van der Waals surface area contributed by atoms with Crippen molar-refractivity contribution < 1.29 is 0 Å². The van der Waals surface area contributed by atoms with Crippen molar-refractivity contribution in [2.45, 2.75) is 149 Å². The molecule has 0 aromatic carbocycles. The highest BCUT2D eigenvalue weighted by molar-refractivity contribution is 4.65. The van der Waals surface area contributed by atoms with Crippen LogP contribution >= 0.6 is 0 Å². The van der Waals surface area contributed by atoms with E-state index in [1.807, 2.05) is 0 Å². The summed E-state index contributed by atoms with van der Waals surface area (Å²) in [6.45, 7) is 11.1. The second kappa shape index (κ2) is 22.0. The van der Waals surface area contributed by atoms with E-state index in [0.29, 0.717) is 0 Å². The Kier molecular flexibility index (Phi) is 21.8. The van der Waals surface area contributed by atoms with Gasteiger partial charge in [-0.2, -0.15) is 0 Å². The Morgan fingerprint density at radius 3 is 1.33 bits per heavy atom. The van der Waals surface area contributed by atoms with Crippen LogP contribution in [0.25, 0.3) is 0 Å². The van der Waals surface area contributed by atoms with Gasteiger partial charge in [-0.1, -0.05) is 142 Å². The normalized spacial score (nSPS) is 13.6. The van der Waals surface area contributed by atoms with Gasteiger partial charge in [0.05, 0.1) is 0 Å². The van der Waals surface area contributed by atoms with Crippen molar-refractivity contribution in [3.8, 4) is 0 Å². The van der Waals surface area contributed by atoms with E-state index in [-0.39, 0.29) is 0 Å². The molecule has 0 spiro atoms. The molecule has 162 valence electrons. The van der Waals surface area contributed by atoms with Crippen LogP contribution < -0.4 is 0 Å². The van der Waals surface area contributed by atoms with Crippen molar-refractivity contribution in [1.82, 2.24) is 0 Å². The lowest BCUT2D eigenvalue weighted by molar-refractivity contribution is 0.390. The van der Waals surface area contributed by atoms with Gasteiger partial charge >= 0.3 is 0 Å². The quantitative estimate of drug-likeness (QED) is 0.130. The van der Waals surface area contributed by atoms with Crippen molar-refractivity contribution >= 4 is 0 Å². The number of allylic oxidation sites excluding steroid dienone is 1. The first-order valence-electron chi connectivity index (χ1n) is 12.8. The van der Waals surface area contributed by atoms with Crippen LogP contribution in [0.4, 0.5) is 0 Å². The molecular weight excluding hydrogens is 324 g/mol. The number of rotatable bonds is 22. The summed E-state index contributed by atoms with van der Waals surface area (Å²) in [4.78, 5) is 0. The highest BCUT2D eigenvalue weighted by Crippen LogP contribution is 2.21. The van der Waals surface area contributed by atoms with Gasteiger partial charge in [0.15, 0.2) is 0 Å². The minimum absolute atomic E-state index is 0.949. The average molecular weight is 379 g/mol. The third-order valence-corrected chi connectivity index (χ3v) is 6.30. The van der Waals surface area contributed by atoms with Gasteiger partial charge in [-0.25, -0.2) is 0 Å². The molecule has 0 saturated heterocycles. The molecule has 0 nitrogen and oxygen atoms in total. The maximum Gasteiger partial charge on any atom is -0.0353 e.